The maximum atomic E-state index is 12.1. The van der Waals surface area contributed by atoms with Crippen molar-refractivity contribution in [3.63, 3.8) is 0 Å². The van der Waals surface area contributed by atoms with Crippen molar-refractivity contribution < 1.29 is 4.79 Å². The number of amides is 2. The molecule has 2 rings (SSSR count). The van der Waals surface area contributed by atoms with Gasteiger partial charge < -0.3 is 5.32 Å². The second-order valence-electron chi connectivity index (χ2n) is 4.55. The Balaban J connectivity index is 2.07. The average molecular weight is 264 g/mol. The van der Waals surface area contributed by atoms with Crippen molar-refractivity contribution in [2.24, 2.45) is 0 Å². The van der Waals surface area contributed by atoms with Crippen LogP contribution in [0.2, 0.25) is 0 Å². The predicted octanol–water partition coefficient (Wildman–Crippen LogP) is 3.64. The van der Waals surface area contributed by atoms with E-state index < -0.39 is 0 Å². The zero-order chi connectivity index (χ0) is 14.5. The number of nitrogens with zero attached hydrogens (tertiary/aromatic N) is 1. The largest absolute Gasteiger partial charge is 0.326 e. The molecule has 0 saturated carbocycles. The molecule has 0 spiro atoms. The molecule has 0 aromatic heterocycles. The minimum Gasteiger partial charge on any atom is -0.308 e. The first kappa shape index (κ1) is 13.7. The van der Waals surface area contributed by atoms with Crippen LogP contribution in [-0.2, 0) is 0 Å². The Bertz CT molecular complexity index is 636. The van der Waals surface area contributed by atoms with Gasteiger partial charge in [0.05, 0.1) is 0 Å². The highest BCUT2D eigenvalue weighted by molar-refractivity contribution is 6.01. The van der Waals surface area contributed by atoms with Crippen molar-refractivity contribution in [2.75, 3.05) is 17.3 Å². The van der Waals surface area contributed by atoms with Gasteiger partial charge in [-0.25, -0.2) is 4.79 Å². The van der Waals surface area contributed by atoms with Crippen LogP contribution in [0.1, 0.15) is 11.1 Å². The third-order valence-electron chi connectivity index (χ3n) is 3.03. The molecule has 20 heavy (non-hydrogen) atoms. The molecule has 0 fully saturated rings. The van der Waals surface area contributed by atoms with E-state index in [0.717, 1.165) is 16.8 Å². The van der Waals surface area contributed by atoms with E-state index in [0.29, 0.717) is 5.69 Å². The van der Waals surface area contributed by atoms with Gasteiger partial charge in [0.2, 0.25) is 0 Å². The van der Waals surface area contributed by atoms with Gasteiger partial charge in [0.25, 0.3) is 0 Å². The molecule has 2 amide bonds. The van der Waals surface area contributed by atoms with E-state index in [9.17, 15) is 4.79 Å². The Morgan fingerprint density at radius 3 is 2.25 bits per heavy atom. The molecule has 0 saturated heterocycles. The summed E-state index contributed by atoms with van der Waals surface area (Å²) in [7, 11) is 1.73. The van der Waals surface area contributed by atoms with E-state index in [-0.39, 0.29) is 6.03 Å². The van der Waals surface area contributed by atoms with Crippen molar-refractivity contribution in [3.05, 3.63) is 59.7 Å². The minimum absolute atomic E-state index is 0.192. The standard InChI is InChI=1S/C17H16N2O/c1-4-14-7-9-15(10-8-14)18-17(20)19(3)16-11-5-13(2)6-12-16/h1,5-12H,2-3H3,(H,18,20). The highest BCUT2D eigenvalue weighted by Crippen LogP contribution is 2.15. The fourth-order valence-electron chi connectivity index (χ4n) is 1.74. The summed E-state index contributed by atoms with van der Waals surface area (Å²) in [4.78, 5) is 13.7. The van der Waals surface area contributed by atoms with Gasteiger partial charge in [-0.2, -0.15) is 0 Å². The van der Waals surface area contributed by atoms with Gasteiger partial charge in [-0.15, -0.1) is 6.42 Å². The number of anilines is 2. The fraction of sp³-hybridized carbons (Fsp3) is 0.118. The van der Waals surface area contributed by atoms with Gasteiger partial charge in [-0.3, -0.25) is 4.90 Å². The van der Waals surface area contributed by atoms with Gasteiger partial charge in [-0.1, -0.05) is 23.6 Å². The van der Waals surface area contributed by atoms with E-state index in [1.807, 2.05) is 31.2 Å². The van der Waals surface area contributed by atoms with Crippen LogP contribution in [0, 0.1) is 19.3 Å². The summed E-state index contributed by atoms with van der Waals surface area (Å²) in [5.74, 6) is 2.54. The summed E-state index contributed by atoms with van der Waals surface area (Å²) in [6.45, 7) is 2.01. The summed E-state index contributed by atoms with van der Waals surface area (Å²) >= 11 is 0. The van der Waals surface area contributed by atoms with Crippen LogP contribution in [0.3, 0.4) is 0 Å². The van der Waals surface area contributed by atoms with Crippen molar-refractivity contribution >= 4 is 17.4 Å². The molecule has 3 nitrogen and oxygen atoms in total. The summed E-state index contributed by atoms with van der Waals surface area (Å²) in [6, 6.07) is 14.7. The molecule has 100 valence electrons. The molecule has 0 aliphatic rings. The Hall–Kier alpha value is -2.73. The molecular weight excluding hydrogens is 248 g/mol. The molecule has 0 aliphatic carbocycles. The van der Waals surface area contributed by atoms with Gasteiger partial charge in [-0.05, 0) is 43.3 Å². The molecule has 0 heterocycles. The number of carbonyl (C=O) groups excluding carboxylic acids is 1. The lowest BCUT2D eigenvalue weighted by Crippen LogP contribution is -2.31. The summed E-state index contributed by atoms with van der Waals surface area (Å²) in [5.41, 5.74) is 3.50. The van der Waals surface area contributed by atoms with E-state index in [1.54, 1.807) is 36.2 Å². The maximum Gasteiger partial charge on any atom is 0.326 e. The lowest BCUT2D eigenvalue weighted by Gasteiger charge is -2.18. The van der Waals surface area contributed by atoms with Crippen molar-refractivity contribution in [2.45, 2.75) is 6.92 Å². The number of hydrogen-bond acceptors (Lipinski definition) is 1. The first-order valence-corrected chi connectivity index (χ1v) is 6.28. The zero-order valence-electron chi connectivity index (χ0n) is 11.6. The lowest BCUT2D eigenvalue weighted by molar-refractivity contribution is 0.258. The molecule has 0 unspecified atom stereocenters. The monoisotopic (exact) mass is 264 g/mol. The van der Waals surface area contributed by atoms with Crippen LogP contribution in [-0.4, -0.2) is 13.1 Å². The predicted molar refractivity (Wildman–Crippen MR) is 83.0 cm³/mol. The lowest BCUT2D eigenvalue weighted by atomic mass is 10.2. The first-order valence-electron chi connectivity index (χ1n) is 6.28. The number of terminal acetylenes is 1. The van der Waals surface area contributed by atoms with Gasteiger partial charge in [0, 0.05) is 24.0 Å². The molecule has 2 aromatic carbocycles. The topological polar surface area (TPSA) is 32.3 Å². The second-order valence-corrected chi connectivity index (χ2v) is 4.55. The molecule has 0 atom stereocenters. The number of rotatable bonds is 2. The van der Waals surface area contributed by atoms with Gasteiger partial charge in [0.15, 0.2) is 0 Å². The van der Waals surface area contributed by atoms with Crippen molar-refractivity contribution in [1.82, 2.24) is 0 Å². The van der Waals surface area contributed by atoms with Crippen LogP contribution >= 0.6 is 0 Å². The molecule has 0 radical (unpaired) electrons. The van der Waals surface area contributed by atoms with Gasteiger partial charge in [0.1, 0.15) is 0 Å². The summed E-state index contributed by atoms with van der Waals surface area (Å²) in [5, 5.41) is 2.82. The number of benzene rings is 2. The van der Waals surface area contributed by atoms with E-state index >= 15 is 0 Å². The maximum absolute atomic E-state index is 12.1. The highest BCUT2D eigenvalue weighted by Gasteiger charge is 2.10. The first-order chi connectivity index (χ1) is 9.60. The number of carbonyl (C=O) groups is 1. The Labute approximate surface area is 119 Å². The molecule has 3 heteroatoms. The SMILES string of the molecule is C#Cc1ccc(NC(=O)N(C)c2ccc(C)cc2)cc1. The van der Waals surface area contributed by atoms with Crippen molar-refractivity contribution in [1.29, 1.82) is 0 Å². The van der Waals surface area contributed by atoms with Crippen LogP contribution in [0.5, 0.6) is 0 Å². The quantitative estimate of drug-likeness (QED) is 0.825. The smallest absolute Gasteiger partial charge is 0.308 e. The second kappa shape index (κ2) is 5.94. The molecule has 2 aromatic rings. The summed E-state index contributed by atoms with van der Waals surface area (Å²) < 4.78 is 0. The third kappa shape index (κ3) is 3.18. The molecule has 1 N–H and O–H groups in total. The number of hydrogen-bond donors (Lipinski definition) is 1. The Kier molecular flexibility index (Phi) is 4.07. The third-order valence-corrected chi connectivity index (χ3v) is 3.03. The van der Waals surface area contributed by atoms with Crippen LogP contribution in [0.25, 0.3) is 0 Å². The molecule has 0 bridgehead atoms. The van der Waals surface area contributed by atoms with E-state index in [4.69, 9.17) is 6.42 Å². The fourth-order valence-corrected chi connectivity index (χ4v) is 1.74. The Morgan fingerprint density at radius 1 is 1.10 bits per heavy atom. The van der Waals surface area contributed by atoms with Crippen LogP contribution < -0.4 is 10.2 Å². The van der Waals surface area contributed by atoms with Crippen LogP contribution in [0.15, 0.2) is 48.5 Å². The molecule has 0 aliphatic heterocycles. The number of urea groups is 1. The van der Waals surface area contributed by atoms with Crippen molar-refractivity contribution in [3.8, 4) is 12.3 Å². The average Bonchev–Trinajstić information content (AvgIpc) is 2.48. The minimum atomic E-state index is -0.192. The molecular formula is C17H16N2O. The van der Waals surface area contributed by atoms with E-state index in [1.165, 1.54) is 0 Å². The van der Waals surface area contributed by atoms with E-state index in [2.05, 4.69) is 11.2 Å². The number of aryl methyl sites for hydroxylation is 1. The zero-order valence-corrected chi connectivity index (χ0v) is 11.6. The van der Waals surface area contributed by atoms with Gasteiger partial charge >= 0.3 is 6.03 Å². The normalized spacial score (nSPS) is 9.65. The Morgan fingerprint density at radius 2 is 1.70 bits per heavy atom. The highest BCUT2D eigenvalue weighted by atomic mass is 16.2. The summed E-state index contributed by atoms with van der Waals surface area (Å²) in [6.07, 6.45) is 5.29. The number of nitrogens with one attached hydrogen (secondary N) is 1. The van der Waals surface area contributed by atoms with Crippen LogP contribution in [0.4, 0.5) is 16.2 Å².